The van der Waals surface area contributed by atoms with Gasteiger partial charge in [0.1, 0.15) is 5.75 Å². The van der Waals surface area contributed by atoms with Crippen molar-refractivity contribution < 1.29 is 9.53 Å². The van der Waals surface area contributed by atoms with Crippen LogP contribution in [0, 0.1) is 13.8 Å². The minimum absolute atomic E-state index is 0.0351. The predicted octanol–water partition coefficient (Wildman–Crippen LogP) is 2.95. The van der Waals surface area contributed by atoms with E-state index in [2.05, 4.69) is 28.7 Å². The lowest BCUT2D eigenvalue weighted by molar-refractivity contribution is -0.123. The fraction of sp³-hybridized carbons (Fsp3) is 0.263. The molecule has 0 saturated carbocycles. The van der Waals surface area contributed by atoms with E-state index in [4.69, 9.17) is 4.74 Å². The molecule has 1 N–H and O–H groups in total. The van der Waals surface area contributed by atoms with Gasteiger partial charge in [-0.05, 0) is 48.2 Å². The number of amides is 1. The van der Waals surface area contributed by atoms with Crippen LogP contribution in [0.1, 0.15) is 22.3 Å². The number of hydrogen-bond acceptors (Lipinski definition) is 3. The van der Waals surface area contributed by atoms with E-state index in [0.29, 0.717) is 5.75 Å². The molecule has 0 heterocycles. The molecule has 0 unspecified atom stereocenters. The number of aryl methyl sites for hydroxylation is 2. The summed E-state index contributed by atoms with van der Waals surface area (Å²) in [6.07, 6.45) is 1.60. The maximum atomic E-state index is 11.9. The van der Waals surface area contributed by atoms with Crippen molar-refractivity contribution >= 4 is 11.6 Å². The number of benzene rings is 2. The zero-order chi connectivity index (χ0) is 16.2. The van der Waals surface area contributed by atoms with E-state index in [0.717, 1.165) is 29.7 Å². The van der Waals surface area contributed by atoms with E-state index in [1.165, 1.54) is 11.1 Å². The van der Waals surface area contributed by atoms with Gasteiger partial charge in [0.05, 0.1) is 0 Å². The highest BCUT2D eigenvalue weighted by molar-refractivity contribution is 5.93. The van der Waals surface area contributed by atoms with Gasteiger partial charge in [-0.2, -0.15) is 5.10 Å². The first kappa shape index (κ1) is 15.3. The number of fused-ring (bicyclic) bond motifs is 1. The Morgan fingerprint density at radius 3 is 2.30 bits per heavy atom. The standard InChI is InChI=1S/C19H20N2O2/c1-13-7-14(2)9-18(8-13)23-12-19(22)21-20-17-10-15-5-3-4-6-16(15)11-17/h3-9H,10-12H2,1-2H3,(H,21,22). The number of nitrogens with one attached hydrogen (secondary N) is 1. The second kappa shape index (κ2) is 6.65. The third-order valence-corrected chi connectivity index (χ3v) is 3.81. The molecule has 3 rings (SSSR count). The first-order valence-corrected chi connectivity index (χ1v) is 7.72. The van der Waals surface area contributed by atoms with Crippen molar-refractivity contribution in [3.63, 3.8) is 0 Å². The first-order chi connectivity index (χ1) is 11.1. The first-order valence-electron chi connectivity index (χ1n) is 7.72. The molecule has 1 aliphatic rings. The molecule has 0 saturated heterocycles. The average molecular weight is 308 g/mol. The van der Waals surface area contributed by atoms with Crippen LogP contribution in [0.4, 0.5) is 0 Å². The topological polar surface area (TPSA) is 50.7 Å². The molecule has 23 heavy (non-hydrogen) atoms. The minimum atomic E-state index is -0.243. The van der Waals surface area contributed by atoms with Crippen LogP contribution < -0.4 is 10.2 Å². The van der Waals surface area contributed by atoms with Crippen LogP contribution >= 0.6 is 0 Å². The Bertz CT molecular complexity index is 718. The van der Waals surface area contributed by atoms with Crippen LogP contribution in [-0.4, -0.2) is 18.2 Å². The van der Waals surface area contributed by atoms with E-state index in [-0.39, 0.29) is 12.5 Å². The molecule has 4 nitrogen and oxygen atoms in total. The SMILES string of the molecule is Cc1cc(C)cc(OCC(=O)NN=C2Cc3ccccc3C2)c1. The minimum Gasteiger partial charge on any atom is -0.484 e. The van der Waals surface area contributed by atoms with Gasteiger partial charge in [-0.3, -0.25) is 4.79 Å². The summed E-state index contributed by atoms with van der Waals surface area (Å²) in [4.78, 5) is 11.9. The van der Waals surface area contributed by atoms with Crippen molar-refractivity contribution in [2.45, 2.75) is 26.7 Å². The van der Waals surface area contributed by atoms with Crippen molar-refractivity contribution in [3.8, 4) is 5.75 Å². The molecule has 118 valence electrons. The van der Waals surface area contributed by atoms with Gasteiger partial charge < -0.3 is 4.74 Å². The van der Waals surface area contributed by atoms with E-state index >= 15 is 0 Å². The number of carbonyl (C=O) groups is 1. The Labute approximate surface area is 136 Å². The molecule has 1 aliphatic carbocycles. The number of rotatable bonds is 4. The lowest BCUT2D eigenvalue weighted by Gasteiger charge is -2.07. The lowest BCUT2D eigenvalue weighted by Crippen LogP contribution is -2.26. The molecule has 0 spiro atoms. The van der Waals surface area contributed by atoms with Crippen LogP contribution in [0.15, 0.2) is 47.6 Å². The second-order valence-electron chi connectivity index (χ2n) is 5.95. The number of nitrogens with zero attached hydrogens (tertiary/aromatic N) is 1. The lowest BCUT2D eigenvalue weighted by atomic mass is 10.1. The largest absolute Gasteiger partial charge is 0.484 e. The normalized spacial score (nSPS) is 12.7. The molecule has 2 aromatic carbocycles. The van der Waals surface area contributed by atoms with E-state index < -0.39 is 0 Å². The molecule has 0 aliphatic heterocycles. The van der Waals surface area contributed by atoms with E-state index in [1.807, 2.05) is 38.1 Å². The van der Waals surface area contributed by atoms with Crippen molar-refractivity contribution in [2.24, 2.45) is 5.10 Å². The van der Waals surface area contributed by atoms with Crippen molar-refractivity contribution in [1.82, 2.24) is 5.43 Å². The van der Waals surface area contributed by atoms with Crippen LogP contribution in [-0.2, 0) is 17.6 Å². The molecule has 2 aromatic rings. The van der Waals surface area contributed by atoms with E-state index in [1.54, 1.807) is 0 Å². The molecule has 0 radical (unpaired) electrons. The van der Waals surface area contributed by atoms with Crippen molar-refractivity contribution in [3.05, 3.63) is 64.7 Å². The smallest absolute Gasteiger partial charge is 0.277 e. The third kappa shape index (κ3) is 3.97. The fourth-order valence-corrected chi connectivity index (χ4v) is 2.82. The van der Waals surface area contributed by atoms with Crippen LogP contribution in [0.25, 0.3) is 0 Å². The summed E-state index contributed by atoms with van der Waals surface area (Å²) in [5.74, 6) is 0.464. The Morgan fingerprint density at radius 2 is 1.70 bits per heavy atom. The van der Waals surface area contributed by atoms with Crippen molar-refractivity contribution in [2.75, 3.05) is 6.61 Å². The van der Waals surface area contributed by atoms with Gasteiger partial charge in [-0.25, -0.2) is 5.43 Å². The Hall–Kier alpha value is -2.62. The van der Waals surface area contributed by atoms with Gasteiger partial charge in [-0.15, -0.1) is 0 Å². The van der Waals surface area contributed by atoms with Gasteiger partial charge >= 0.3 is 0 Å². The van der Waals surface area contributed by atoms with Gasteiger partial charge in [-0.1, -0.05) is 30.3 Å². The van der Waals surface area contributed by atoms with Crippen molar-refractivity contribution in [1.29, 1.82) is 0 Å². The van der Waals surface area contributed by atoms with E-state index in [9.17, 15) is 4.79 Å². The van der Waals surface area contributed by atoms with Crippen LogP contribution in [0.5, 0.6) is 5.75 Å². The number of carbonyl (C=O) groups excluding carboxylic acids is 1. The van der Waals surface area contributed by atoms with Gasteiger partial charge in [0.2, 0.25) is 0 Å². The zero-order valence-electron chi connectivity index (χ0n) is 13.4. The highest BCUT2D eigenvalue weighted by atomic mass is 16.5. The Balaban J connectivity index is 1.52. The summed E-state index contributed by atoms with van der Waals surface area (Å²) in [6, 6.07) is 14.2. The maximum Gasteiger partial charge on any atom is 0.277 e. The summed E-state index contributed by atoms with van der Waals surface area (Å²) in [7, 11) is 0. The quantitative estimate of drug-likeness (QED) is 0.883. The molecular weight excluding hydrogens is 288 g/mol. The second-order valence-corrected chi connectivity index (χ2v) is 5.95. The third-order valence-electron chi connectivity index (χ3n) is 3.81. The highest BCUT2D eigenvalue weighted by Gasteiger charge is 2.16. The summed E-state index contributed by atoms with van der Waals surface area (Å²) in [5.41, 5.74) is 8.36. The summed E-state index contributed by atoms with van der Waals surface area (Å²) in [6.45, 7) is 3.97. The number of hydrogen-bond donors (Lipinski definition) is 1. The average Bonchev–Trinajstić information content (AvgIpc) is 2.93. The summed E-state index contributed by atoms with van der Waals surface area (Å²) >= 11 is 0. The number of hydrazone groups is 1. The predicted molar refractivity (Wildman–Crippen MR) is 90.8 cm³/mol. The zero-order valence-corrected chi connectivity index (χ0v) is 13.4. The summed E-state index contributed by atoms with van der Waals surface area (Å²) in [5, 5.41) is 4.22. The van der Waals surface area contributed by atoms with Gasteiger partial charge in [0.15, 0.2) is 6.61 Å². The summed E-state index contributed by atoms with van der Waals surface area (Å²) < 4.78 is 5.53. The molecular formula is C19H20N2O2. The van der Waals surface area contributed by atoms with Crippen LogP contribution in [0.3, 0.4) is 0 Å². The molecule has 0 atom stereocenters. The molecule has 1 amide bonds. The Morgan fingerprint density at radius 1 is 1.09 bits per heavy atom. The number of ether oxygens (including phenoxy) is 1. The highest BCUT2D eigenvalue weighted by Crippen LogP contribution is 2.19. The molecule has 4 heteroatoms. The fourth-order valence-electron chi connectivity index (χ4n) is 2.82. The molecule has 0 aromatic heterocycles. The van der Waals surface area contributed by atoms with Gasteiger partial charge in [0.25, 0.3) is 5.91 Å². The van der Waals surface area contributed by atoms with Gasteiger partial charge in [0, 0.05) is 18.6 Å². The molecule has 0 bridgehead atoms. The molecule has 0 fully saturated rings. The van der Waals surface area contributed by atoms with Crippen LogP contribution in [0.2, 0.25) is 0 Å². The Kier molecular flexibility index (Phi) is 4.42. The maximum absolute atomic E-state index is 11.9. The monoisotopic (exact) mass is 308 g/mol.